The average Bonchev–Trinajstić information content (AvgIpc) is 2.48. The molecule has 1 fully saturated rings. The number of carbonyl (C=O) groups excluding carboxylic acids is 1. The van der Waals surface area contributed by atoms with Crippen LogP contribution in [0.2, 0.25) is 0 Å². The molecule has 1 heterocycles. The van der Waals surface area contributed by atoms with Gasteiger partial charge in [-0.3, -0.25) is 4.79 Å². The molecule has 20 heavy (non-hydrogen) atoms. The fourth-order valence-electron chi connectivity index (χ4n) is 2.36. The highest BCUT2D eigenvalue weighted by atomic mass is 16.5. The fraction of sp³-hybridized carbons (Fsp3) is 0.562. The Kier molecular flexibility index (Phi) is 5.87. The van der Waals surface area contributed by atoms with E-state index < -0.39 is 0 Å². The molecular formula is C16H24N2O2. The molecule has 1 amide bonds. The number of ether oxygens (including phenoxy) is 1. The molecule has 2 rings (SSSR count). The number of nitrogens with one attached hydrogen (secondary N) is 2. The summed E-state index contributed by atoms with van der Waals surface area (Å²) in [5.74, 6) is 1.18. The number of carbonyl (C=O) groups is 1. The molecule has 110 valence electrons. The first kappa shape index (κ1) is 14.9. The summed E-state index contributed by atoms with van der Waals surface area (Å²) in [6.07, 6.45) is 2.90. The molecule has 0 aromatic heterocycles. The second-order valence-corrected chi connectivity index (χ2v) is 5.39. The van der Waals surface area contributed by atoms with Crippen molar-refractivity contribution in [1.82, 2.24) is 10.6 Å². The molecular weight excluding hydrogens is 252 g/mol. The normalized spacial score (nSPS) is 22.2. The SMILES string of the molecule is CC1CCC(C(=O)NCCCOc2ccccc2)CN1. The highest BCUT2D eigenvalue weighted by Gasteiger charge is 2.23. The van der Waals surface area contributed by atoms with Gasteiger partial charge in [0.05, 0.1) is 12.5 Å². The van der Waals surface area contributed by atoms with Crippen LogP contribution >= 0.6 is 0 Å². The van der Waals surface area contributed by atoms with Gasteiger partial charge in [0, 0.05) is 19.1 Å². The van der Waals surface area contributed by atoms with E-state index in [-0.39, 0.29) is 11.8 Å². The molecule has 2 N–H and O–H groups in total. The van der Waals surface area contributed by atoms with Crippen LogP contribution in [0.5, 0.6) is 5.75 Å². The van der Waals surface area contributed by atoms with E-state index in [9.17, 15) is 4.79 Å². The summed E-state index contributed by atoms with van der Waals surface area (Å²) in [4.78, 5) is 11.9. The second kappa shape index (κ2) is 7.90. The van der Waals surface area contributed by atoms with E-state index in [4.69, 9.17) is 4.74 Å². The van der Waals surface area contributed by atoms with E-state index in [0.29, 0.717) is 19.2 Å². The van der Waals surface area contributed by atoms with Gasteiger partial charge in [-0.15, -0.1) is 0 Å². The van der Waals surface area contributed by atoms with Gasteiger partial charge in [0.25, 0.3) is 0 Å². The quantitative estimate of drug-likeness (QED) is 0.781. The summed E-state index contributed by atoms with van der Waals surface area (Å²) in [6.45, 7) is 4.27. The fourth-order valence-corrected chi connectivity index (χ4v) is 2.36. The van der Waals surface area contributed by atoms with Crippen molar-refractivity contribution in [3.63, 3.8) is 0 Å². The van der Waals surface area contributed by atoms with Crippen molar-refractivity contribution >= 4 is 5.91 Å². The highest BCUT2D eigenvalue weighted by Crippen LogP contribution is 2.14. The molecule has 1 aliphatic rings. The van der Waals surface area contributed by atoms with Gasteiger partial charge in [0.2, 0.25) is 5.91 Å². The lowest BCUT2D eigenvalue weighted by Crippen LogP contribution is -2.44. The first-order valence-electron chi connectivity index (χ1n) is 7.44. The van der Waals surface area contributed by atoms with Gasteiger partial charge >= 0.3 is 0 Å². The summed E-state index contributed by atoms with van der Waals surface area (Å²) in [5, 5.41) is 6.35. The van der Waals surface area contributed by atoms with Crippen molar-refractivity contribution in [1.29, 1.82) is 0 Å². The van der Waals surface area contributed by atoms with Gasteiger partial charge in [-0.25, -0.2) is 0 Å². The molecule has 2 atom stereocenters. The number of benzene rings is 1. The molecule has 1 aromatic rings. The number of amides is 1. The van der Waals surface area contributed by atoms with Crippen molar-refractivity contribution < 1.29 is 9.53 Å². The Bertz CT molecular complexity index is 400. The minimum absolute atomic E-state index is 0.126. The Balaban J connectivity index is 1.55. The smallest absolute Gasteiger partial charge is 0.224 e. The van der Waals surface area contributed by atoms with Crippen LogP contribution in [0.3, 0.4) is 0 Å². The van der Waals surface area contributed by atoms with Crippen molar-refractivity contribution in [3.05, 3.63) is 30.3 Å². The number of piperidine rings is 1. The van der Waals surface area contributed by atoms with Gasteiger partial charge in [-0.2, -0.15) is 0 Å². The molecule has 1 saturated heterocycles. The Hall–Kier alpha value is -1.55. The van der Waals surface area contributed by atoms with E-state index in [0.717, 1.165) is 31.6 Å². The van der Waals surface area contributed by atoms with E-state index in [1.165, 1.54) is 0 Å². The standard InChI is InChI=1S/C16H24N2O2/c1-13-8-9-14(12-18-13)16(19)17-10-5-11-20-15-6-3-2-4-7-15/h2-4,6-7,13-14,18H,5,8-12H2,1H3,(H,17,19). The Morgan fingerprint density at radius 3 is 2.85 bits per heavy atom. The van der Waals surface area contributed by atoms with Crippen LogP contribution in [0.4, 0.5) is 0 Å². The lowest BCUT2D eigenvalue weighted by atomic mass is 9.95. The Labute approximate surface area is 120 Å². The minimum atomic E-state index is 0.126. The van der Waals surface area contributed by atoms with Gasteiger partial charge in [-0.1, -0.05) is 18.2 Å². The van der Waals surface area contributed by atoms with E-state index >= 15 is 0 Å². The number of rotatable bonds is 6. The summed E-state index contributed by atoms with van der Waals surface area (Å²) in [5.41, 5.74) is 0. The van der Waals surface area contributed by atoms with Gasteiger partial charge < -0.3 is 15.4 Å². The maximum absolute atomic E-state index is 11.9. The van der Waals surface area contributed by atoms with Crippen LogP contribution < -0.4 is 15.4 Å². The predicted molar refractivity (Wildman–Crippen MR) is 79.8 cm³/mol. The van der Waals surface area contributed by atoms with Crippen LogP contribution in [-0.4, -0.2) is 31.6 Å². The third kappa shape index (κ3) is 4.85. The van der Waals surface area contributed by atoms with Crippen molar-refractivity contribution in [2.75, 3.05) is 19.7 Å². The molecule has 4 heteroatoms. The highest BCUT2D eigenvalue weighted by molar-refractivity contribution is 5.78. The zero-order valence-corrected chi connectivity index (χ0v) is 12.1. The van der Waals surface area contributed by atoms with Crippen molar-refractivity contribution in [2.45, 2.75) is 32.2 Å². The van der Waals surface area contributed by atoms with E-state index in [2.05, 4.69) is 17.6 Å². The number of para-hydroxylation sites is 1. The largest absolute Gasteiger partial charge is 0.494 e. The van der Waals surface area contributed by atoms with E-state index in [1.807, 2.05) is 30.3 Å². The van der Waals surface area contributed by atoms with Crippen LogP contribution in [0.15, 0.2) is 30.3 Å². The van der Waals surface area contributed by atoms with E-state index in [1.54, 1.807) is 0 Å². The molecule has 0 spiro atoms. The zero-order chi connectivity index (χ0) is 14.2. The van der Waals surface area contributed by atoms with Crippen LogP contribution in [-0.2, 0) is 4.79 Å². The minimum Gasteiger partial charge on any atom is -0.494 e. The van der Waals surface area contributed by atoms with Gasteiger partial charge in [-0.05, 0) is 38.3 Å². The maximum atomic E-state index is 11.9. The summed E-state index contributed by atoms with van der Waals surface area (Å²) >= 11 is 0. The van der Waals surface area contributed by atoms with Gasteiger partial charge in [0.15, 0.2) is 0 Å². The lowest BCUT2D eigenvalue weighted by Gasteiger charge is -2.26. The summed E-state index contributed by atoms with van der Waals surface area (Å²) < 4.78 is 5.58. The molecule has 0 saturated carbocycles. The Morgan fingerprint density at radius 1 is 1.35 bits per heavy atom. The topological polar surface area (TPSA) is 50.4 Å². The summed E-state index contributed by atoms with van der Waals surface area (Å²) in [7, 11) is 0. The zero-order valence-electron chi connectivity index (χ0n) is 12.1. The maximum Gasteiger partial charge on any atom is 0.224 e. The third-order valence-corrected chi connectivity index (χ3v) is 3.66. The molecule has 1 aromatic carbocycles. The second-order valence-electron chi connectivity index (χ2n) is 5.39. The van der Waals surface area contributed by atoms with Gasteiger partial charge in [0.1, 0.15) is 5.75 Å². The van der Waals surface area contributed by atoms with Crippen molar-refractivity contribution in [2.24, 2.45) is 5.92 Å². The predicted octanol–water partition coefficient (Wildman–Crippen LogP) is 1.96. The number of hydrogen-bond acceptors (Lipinski definition) is 3. The molecule has 0 radical (unpaired) electrons. The lowest BCUT2D eigenvalue weighted by molar-refractivity contribution is -0.125. The molecule has 4 nitrogen and oxygen atoms in total. The average molecular weight is 276 g/mol. The molecule has 0 bridgehead atoms. The molecule has 2 unspecified atom stereocenters. The van der Waals surface area contributed by atoms with Crippen LogP contribution in [0.25, 0.3) is 0 Å². The third-order valence-electron chi connectivity index (χ3n) is 3.66. The number of hydrogen-bond donors (Lipinski definition) is 2. The van der Waals surface area contributed by atoms with Crippen molar-refractivity contribution in [3.8, 4) is 5.75 Å². The van der Waals surface area contributed by atoms with Crippen LogP contribution in [0.1, 0.15) is 26.2 Å². The van der Waals surface area contributed by atoms with Crippen LogP contribution in [0, 0.1) is 5.92 Å². The molecule has 1 aliphatic heterocycles. The first-order chi connectivity index (χ1) is 9.75. The summed E-state index contributed by atoms with van der Waals surface area (Å²) in [6, 6.07) is 10.3. The Morgan fingerprint density at radius 2 is 2.15 bits per heavy atom. The molecule has 0 aliphatic carbocycles. The first-order valence-corrected chi connectivity index (χ1v) is 7.44. The monoisotopic (exact) mass is 276 g/mol.